The zero-order chi connectivity index (χ0) is 14.4. The number of carbonyl (C=O) groups is 1. The van der Waals surface area contributed by atoms with Gasteiger partial charge in [0.2, 0.25) is 0 Å². The monoisotopic (exact) mass is 279 g/mol. The van der Waals surface area contributed by atoms with Crippen molar-refractivity contribution in [3.63, 3.8) is 0 Å². The minimum absolute atomic E-state index is 0.0109. The van der Waals surface area contributed by atoms with Gasteiger partial charge in [0.1, 0.15) is 12.4 Å². The lowest BCUT2D eigenvalue weighted by molar-refractivity contribution is -0.159. The van der Waals surface area contributed by atoms with Crippen molar-refractivity contribution in [2.45, 2.75) is 39.2 Å². The second-order valence-corrected chi connectivity index (χ2v) is 5.48. The van der Waals surface area contributed by atoms with Crippen LogP contribution < -0.4 is 5.32 Å². The van der Waals surface area contributed by atoms with Crippen molar-refractivity contribution in [3.8, 4) is 0 Å². The van der Waals surface area contributed by atoms with Gasteiger partial charge < -0.3 is 10.1 Å². The van der Waals surface area contributed by atoms with Gasteiger partial charge in [0, 0.05) is 12.1 Å². The van der Waals surface area contributed by atoms with Gasteiger partial charge in [0.25, 0.3) is 0 Å². The van der Waals surface area contributed by atoms with Gasteiger partial charge in [-0.05, 0) is 31.9 Å². The number of esters is 1. The second-order valence-electron chi connectivity index (χ2n) is 5.48. The first-order chi connectivity index (χ1) is 9.68. The van der Waals surface area contributed by atoms with Gasteiger partial charge in [-0.3, -0.25) is 4.79 Å². The Balaban J connectivity index is 2.00. The Morgan fingerprint density at radius 1 is 1.45 bits per heavy atom. The van der Waals surface area contributed by atoms with Gasteiger partial charge >= 0.3 is 5.97 Å². The average molecular weight is 279 g/mol. The van der Waals surface area contributed by atoms with Crippen molar-refractivity contribution in [1.82, 2.24) is 5.32 Å². The van der Waals surface area contributed by atoms with Crippen molar-refractivity contribution in [3.05, 3.63) is 35.6 Å². The normalized spacial score (nSPS) is 22.5. The third kappa shape index (κ3) is 3.37. The number of ether oxygens (including phenoxy) is 1. The number of piperidine rings is 1. The van der Waals surface area contributed by atoms with E-state index in [1.807, 2.05) is 0 Å². The van der Waals surface area contributed by atoms with Crippen LogP contribution in [0, 0.1) is 11.2 Å². The molecule has 4 heteroatoms. The molecule has 1 aliphatic rings. The van der Waals surface area contributed by atoms with Crippen LogP contribution >= 0.6 is 0 Å². The van der Waals surface area contributed by atoms with E-state index in [0.29, 0.717) is 12.1 Å². The molecule has 0 bridgehead atoms. The Bertz CT molecular complexity index is 450. The Labute approximate surface area is 119 Å². The molecule has 110 valence electrons. The van der Waals surface area contributed by atoms with Crippen molar-refractivity contribution in [1.29, 1.82) is 0 Å². The smallest absolute Gasteiger partial charge is 0.313 e. The van der Waals surface area contributed by atoms with Crippen LogP contribution in [0.15, 0.2) is 24.3 Å². The number of nitrogens with one attached hydrogen (secondary N) is 1. The standard InChI is InChI=1S/C16H22FNO2/c1-2-8-16(9-5-10-18-12-16)15(19)20-11-13-6-3-4-7-14(13)17/h3-4,6-7,18H,2,5,8-12H2,1H3. The molecule has 1 aromatic rings. The molecule has 2 rings (SSSR count). The van der Waals surface area contributed by atoms with Crippen LogP contribution in [0.25, 0.3) is 0 Å². The lowest BCUT2D eigenvalue weighted by Crippen LogP contribution is -2.46. The predicted molar refractivity (Wildman–Crippen MR) is 75.6 cm³/mol. The third-order valence-corrected chi connectivity index (χ3v) is 3.95. The van der Waals surface area contributed by atoms with E-state index in [2.05, 4.69) is 12.2 Å². The summed E-state index contributed by atoms with van der Waals surface area (Å²) in [6.07, 6.45) is 3.59. The molecular formula is C16H22FNO2. The molecule has 1 N–H and O–H groups in total. The zero-order valence-corrected chi connectivity index (χ0v) is 12.0. The van der Waals surface area contributed by atoms with Crippen LogP contribution in [0.5, 0.6) is 0 Å². The van der Waals surface area contributed by atoms with Crippen LogP contribution in [0.2, 0.25) is 0 Å². The summed E-state index contributed by atoms with van der Waals surface area (Å²) in [4.78, 5) is 12.4. The minimum atomic E-state index is -0.432. The van der Waals surface area contributed by atoms with E-state index in [1.54, 1.807) is 18.2 Å². The molecule has 1 unspecified atom stereocenters. The Hall–Kier alpha value is -1.42. The summed E-state index contributed by atoms with van der Waals surface area (Å²) in [5, 5.41) is 3.28. The molecule has 1 fully saturated rings. The topological polar surface area (TPSA) is 38.3 Å². The van der Waals surface area contributed by atoms with Gasteiger partial charge in [-0.2, -0.15) is 0 Å². The highest BCUT2D eigenvalue weighted by atomic mass is 19.1. The molecule has 3 nitrogen and oxygen atoms in total. The Kier molecular flexibility index (Phi) is 5.12. The van der Waals surface area contributed by atoms with Crippen LogP contribution in [0.1, 0.15) is 38.2 Å². The molecule has 0 spiro atoms. The highest BCUT2D eigenvalue weighted by Gasteiger charge is 2.40. The maximum absolute atomic E-state index is 13.5. The molecule has 0 saturated carbocycles. The van der Waals surface area contributed by atoms with Gasteiger partial charge in [-0.15, -0.1) is 0 Å². The largest absolute Gasteiger partial charge is 0.460 e. The number of benzene rings is 1. The van der Waals surface area contributed by atoms with Crippen LogP contribution in [0.4, 0.5) is 4.39 Å². The van der Waals surface area contributed by atoms with Gasteiger partial charge in [-0.25, -0.2) is 4.39 Å². The van der Waals surface area contributed by atoms with Crippen molar-refractivity contribution < 1.29 is 13.9 Å². The number of hydrogen-bond acceptors (Lipinski definition) is 3. The average Bonchev–Trinajstić information content (AvgIpc) is 2.47. The summed E-state index contributed by atoms with van der Waals surface area (Å²) in [6, 6.07) is 6.40. The first-order valence-electron chi connectivity index (χ1n) is 7.29. The van der Waals surface area contributed by atoms with Crippen molar-refractivity contribution in [2.75, 3.05) is 13.1 Å². The third-order valence-electron chi connectivity index (χ3n) is 3.95. The summed E-state index contributed by atoms with van der Waals surface area (Å²) in [7, 11) is 0. The number of rotatable bonds is 5. The van der Waals surface area contributed by atoms with E-state index < -0.39 is 5.41 Å². The molecule has 0 amide bonds. The summed E-state index contributed by atoms with van der Waals surface area (Å²) in [5.74, 6) is -0.526. The van der Waals surface area contributed by atoms with E-state index in [0.717, 1.165) is 32.2 Å². The Morgan fingerprint density at radius 2 is 2.25 bits per heavy atom. The lowest BCUT2D eigenvalue weighted by atomic mass is 9.77. The molecule has 0 aliphatic carbocycles. The predicted octanol–water partition coefficient (Wildman–Crippen LogP) is 3.04. The van der Waals surface area contributed by atoms with Crippen LogP contribution in [-0.2, 0) is 16.1 Å². The number of carbonyl (C=O) groups excluding carboxylic acids is 1. The van der Waals surface area contributed by atoms with E-state index in [-0.39, 0.29) is 18.4 Å². The summed E-state index contributed by atoms with van der Waals surface area (Å²) in [6.45, 7) is 3.69. The number of halogens is 1. The maximum atomic E-state index is 13.5. The molecule has 0 aromatic heterocycles. The summed E-state index contributed by atoms with van der Waals surface area (Å²) in [5.41, 5.74) is -0.00519. The Morgan fingerprint density at radius 3 is 2.90 bits per heavy atom. The quantitative estimate of drug-likeness (QED) is 0.842. The summed E-state index contributed by atoms with van der Waals surface area (Å²) < 4.78 is 18.9. The van der Waals surface area contributed by atoms with Crippen LogP contribution in [0.3, 0.4) is 0 Å². The highest BCUT2D eigenvalue weighted by molar-refractivity contribution is 5.77. The van der Waals surface area contributed by atoms with Gasteiger partial charge in [0.05, 0.1) is 5.41 Å². The van der Waals surface area contributed by atoms with Gasteiger partial charge in [-0.1, -0.05) is 31.5 Å². The van der Waals surface area contributed by atoms with E-state index in [4.69, 9.17) is 4.74 Å². The molecule has 1 heterocycles. The fourth-order valence-electron chi connectivity index (χ4n) is 2.85. The molecule has 0 radical (unpaired) electrons. The maximum Gasteiger partial charge on any atom is 0.313 e. The van der Waals surface area contributed by atoms with E-state index in [9.17, 15) is 9.18 Å². The second kappa shape index (κ2) is 6.84. The molecule has 1 aromatic carbocycles. The minimum Gasteiger partial charge on any atom is -0.460 e. The molecular weight excluding hydrogens is 257 g/mol. The van der Waals surface area contributed by atoms with E-state index >= 15 is 0 Å². The van der Waals surface area contributed by atoms with Crippen molar-refractivity contribution >= 4 is 5.97 Å². The SMILES string of the molecule is CCCC1(C(=O)OCc2ccccc2F)CCCNC1. The van der Waals surface area contributed by atoms with Gasteiger partial charge in [0.15, 0.2) is 0 Å². The fourth-order valence-corrected chi connectivity index (χ4v) is 2.85. The molecule has 1 saturated heterocycles. The molecule has 1 atom stereocenters. The first kappa shape index (κ1) is 15.0. The highest BCUT2D eigenvalue weighted by Crippen LogP contribution is 2.33. The first-order valence-corrected chi connectivity index (χ1v) is 7.29. The van der Waals surface area contributed by atoms with Crippen LogP contribution in [-0.4, -0.2) is 19.1 Å². The molecule has 20 heavy (non-hydrogen) atoms. The number of hydrogen-bond donors (Lipinski definition) is 1. The summed E-state index contributed by atoms with van der Waals surface area (Å²) >= 11 is 0. The molecule has 1 aliphatic heterocycles. The lowest BCUT2D eigenvalue weighted by Gasteiger charge is -2.35. The van der Waals surface area contributed by atoms with E-state index in [1.165, 1.54) is 6.07 Å². The van der Waals surface area contributed by atoms with Crippen molar-refractivity contribution in [2.24, 2.45) is 5.41 Å². The zero-order valence-electron chi connectivity index (χ0n) is 12.0. The fraction of sp³-hybridized carbons (Fsp3) is 0.562.